The van der Waals surface area contributed by atoms with E-state index in [1.165, 1.54) is 28.9 Å². The number of anilines is 3. The molecule has 1 aromatic carbocycles. The van der Waals surface area contributed by atoms with Crippen molar-refractivity contribution < 1.29 is 0 Å². The quantitative estimate of drug-likeness (QED) is 0.485. The molecule has 0 spiro atoms. The molecule has 0 atom stereocenters. The highest BCUT2D eigenvalue weighted by Gasteiger charge is 2.15. The third-order valence-electron chi connectivity index (χ3n) is 5.32. The van der Waals surface area contributed by atoms with Gasteiger partial charge in [-0.3, -0.25) is 4.98 Å². The third kappa shape index (κ3) is 3.72. The molecule has 1 aliphatic carbocycles. The van der Waals surface area contributed by atoms with Gasteiger partial charge in [0.25, 0.3) is 0 Å². The molecule has 3 N–H and O–H groups in total. The minimum Gasteiger partial charge on any atom is -0.385 e. The Labute approximate surface area is 166 Å². The maximum Gasteiger partial charge on any atom is 0.0456 e. The fraction of sp³-hybridized carbons (Fsp3) is 0.208. The number of aromatic nitrogens is 2. The summed E-state index contributed by atoms with van der Waals surface area (Å²) in [6.07, 6.45) is 12.0. The van der Waals surface area contributed by atoms with E-state index in [1.54, 1.807) is 0 Å². The Morgan fingerprint density at radius 1 is 1.04 bits per heavy atom. The van der Waals surface area contributed by atoms with Gasteiger partial charge in [0, 0.05) is 53.0 Å². The predicted octanol–water partition coefficient (Wildman–Crippen LogP) is 5.58. The van der Waals surface area contributed by atoms with Crippen LogP contribution in [0.3, 0.4) is 0 Å². The van der Waals surface area contributed by atoms with Gasteiger partial charge in [0.2, 0.25) is 0 Å². The Kier molecular flexibility index (Phi) is 5.29. The molecule has 4 nitrogen and oxygen atoms in total. The Morgan fingerprint density at radius 3 is 2.64 bits per heavy atom. The largest absolute Gasteiger partial charge is 0.385 e. The number of pyridine rings is 1. The van der Waals surface area contributed by atoms with E-state index in [4.69, 9.17) is 0 Å². The second-order valence-corrected chi connectivity index (χ2v) is 7.07. The molecule has 0 bridgehead atoms. The van der Waals surface area contributed by atoms with Gasteiger partial charge in [-0.25, -0.2) is 0 Å². The molecule has 0 saturated heterocycles. The van der Waals surface area contributed by atoms with Crippen molar-refractivity contribution in [3.05, 3.63) is 84.0 Å². The van der Waals surface area contributed by atoms with E-state index in [1.807, 2.05) is 24.5 Å². The molecular weight excluding hydrogens is 344 g/mol. The molecule has 28 heavy (non-hydrogen) atoms. The maximum atomic E-state index is 4.49. The van der Waals surface area contributed by atoms with Gasteiger partial charge >= 0.3 is 0 Å². The van der Waals surface area contributed by atoms with Crippen LogP contribution in [0.15, 0.2) is 55.9 Å². The SMILES string of the molecule is C=Cc1[nH]cc(CCNc2ccc(Nc3ccnc4c3CCC4)cc2)c1C=C. The average molecular weight is 371 g/mol. The first-order valence-electron chi connectivity index (χ1n) is 9.81. The smallest absolute Gasteiger partial charge is 0.0456 e. The number of rotatable bonds is 8. The van der Waals surface area contributed by atoms with Crippen LogP contribution in [-0.2, 0) is 19.3 Å². The van der Waals surface area contributed by atoms with Crippen molar-refractivity contribution in [1.82, 2.24) is 9.97 Å². The van der Waals surface area contributed by atoms with Crippen LogP contribution in [0, 0.1) is 0 Å². The highest BCUT2D eigenvalue weighted by atomic mass is 14.9. The summed E-state index contributed by atoms with van der Waals surface area (Å²) >= 11 is 0. The van der Waals surface area contributed by atoms with Gasteiger partial charge in [-0.1, -0.05) is 19.2 Å². The maximum absolute atomic E-state index is 4.49. The van der Waals surface area contributed by atoms with Crippen molar-refractivity contribution in [2.75, 3.05) is 17.2 Å². The molecule has 0 unspecified atom stereocenters. The van der Waals surface area contributed by atoms with E-state index in [2.05, 4.69) is 64.1 Å². The molecule has 0 radical (unpaired) electrons. The van der Waals surface area contributed by atoms with Gasteiger partial charge in [0.15, 0.2) is 0 Å². The number of nitrogens with zero attached hydrogens (tertiary/aromatic N) is 1. The van der Waals surface area contributed by atoms with E-state index >= 15 is 0 Å². The number of fused-ring (bicyclic) bond motifs is 1. The topological polar surface area (TPSA) is 52.7 Å². The van der Waals surface area contributed by atoms with Crippen molar-refractivity contribution in [1.29, 1.82) is 0 Å². The van der Waals surface area contributed by atoms with E-state index in [0.717, 1.165) is 48.4 Å². The zero-order valence-corrected chi connectivity index (χ0v) is 16.1. The zero-order valence-electron chi connectivity index (χ0n) is 16.1. The monoisotopic (exact) mass is 370 g/mol. The first-order valence-corrected chi connectivity index (χ1v) is 9.81. The normalized spacial score (nSPS) is 12.4. The van der Waals surface area contributed by atoms with Crippen LogP contribution in [0.1, 0.15) is 34.5 Å². The summed E-state index contributed by atoms with van der Waals surface area (Å²) in [4.78, 5) is 7.73. The van der Waals surface area contributed by atoms with Crippen molar-refractivity contribution >= 4 is 29.2 Å². The molecule has 0 saturated carbocycles. The number of H-pyrrole nitrogens is 1. The Morgan fingerprint density at radius 2 is 1.86 bits per heavy atom. The van der Waals surface area contributed by atoms with E-state index in [9.17, 15) is 0 Å². The Bertz CT molecular complexity index is 982. The van der Waals surface area contributed by atoms with Crippen LogP contribution in [0.5, 0.6) is 0 Å². The van der Waals surface area contributed by atoms with Crippen LogP contribution in [0.4, 0.5) is 17.1 Å². The van der Waals surface area contributed by atoms with Crippen molar-refractivity contribution in [3.63, 3.8) is 0 Å². The number of hydrogen-bond acceptors (Lipinski definition) is 3. The predicted molar refractivity (Wildman–Crippen MR) is 119 cm³/mol. The van der Waals surface area contributed by atoms with Crippen molar-refractivity contribution in [3.8, 4) is 0 Å². The molecule has 0 fully saturated rings. The highest BCUT2D eigenvalue weighted by molar-refractivity contribution is 5.66. The van der Waals surface area contributed by atoms with Gasteiger partial charge in [-0.15, -0.1) is 0 Å². The molecular formula is C24H26N4. The number of benzene rings is 1. The second kappa shape index (κ2) is 8.17. The minimum atomic E-state index is 0.861. The zero-order chi connectivity index (χ0) is 19.3. The Balaban J connectivity index is 1.35. The molecule has 2 aromatic heterocycles. The summed E-state index contributed by atoms with van der Waals surface area (Å²) in [6, 6.07) is 10.5. The summed E-state index contributed by atoms with van der Waals surface area (Å²) < 4.78 is 0. The van der Waals surface area contributed by atoms with Crippen LogP contribution >= 0.6 is 0 Å². The van der Waals surface area contributed by atoms with Crippen LogP contribution in [-0.4, -0.2) is 16.5 Å². The van der Waals surface area contributed by atoms with Crippen LogP contribution < -0.4 is 10.6 Å². The fourth-order valence-corrected chi connectivity index (χ4v) is 3.86. The summed E-state index contributed by atoms with van der Waals surface area (Å²) in [7, 11) is 0. The molecule has 4 rings (SSSR count). The number of nitrogens with one attached hydrogen (secondary N) is 3. The van der Waals surface area contributed by atoms with Gasteiger partial charge in [-0.2, -0.15) is 0 Å². The summed E-state index contributed by atoms with van der Waals surface area (Å²) in [6.45, 7) is 8.60. The van der Waals surface area contributed by atoms with Gasteiger partial charge in [-0.05, 0) is 73.2 Å². The molecule has 1 aliphatic rings. The van der Waals surface area contributed by atoms with E-state index in [-0.39, 0.29) is 0 Å². The van der Waals surface area contributed by atoms with Crippen LogP contribution in [0.2, 0.25) is 0 Å². The standard InChI is InChI=1S/C24H26N4/c1-3-20-17(16-27-22(20)4-2)12-14-25-18-8-10-19(11-9-18)28-24-13-15-26-23-7-5-6-21(23)24/h3-4,8-11,13,15-16,25,27H,1-2,5-7,12,14H2,(H,26,28). The number of hydrogen-bond donors (Lipinski definition) is 3. The highest BCUT2D eigenvalue weighted by Crippen LogP contribution is 2.29. The molecule has 4 heteroatoms. The molecule has 142 valence electrons. The van der Waals surface area contributed by atoms with Crippen LogP contribution in [0.25, 0.3) is 12.2 Å². The van der Waals surface area contributed by atoms with Gasteiger partial charge < -0.3 is 15.6 Å². The summed E-state index contributed by atoms with van der Waals surface area (Å²) in [5, 5.41) is 7.04. The third-order valence-corrected chi connectivity index (χ3v) is 5.32. The first kappa shape index (κ1) is 18.1. The molecule has 0 aliphatic heterocycles. The first-order chi connectivity index (χ1) is 13.8. The van der Waals surface area contributed by atoms with Crippen molar-refractivity contribution in [2.24, 2.45) is 0 Å². The van der Waals surface area contributed by atoms with Crippen molar-refractivity contribution in [2.45, 2.75) is 25.7 Å². The molecule has 2 heterocycles. The van der Waals surface area contributed by atoms with Gasteiger partial charge in [0.05, 0.1) is 0 Å². The fourth-order valence-electron chi connectivity index (χ4n) is 3.86. The van der Waals surface area contributed by atoms with E-state index in [0.29, 0.717) is 0 Å². The number of aromatic amines is 1. The second-order valence-electron chi connectivity index (χ2n) is 7.07. The lowest BCUT2D eigenvalue weighted by Gasteiger charge is -2.12. The van der Waals surface area contributed by atoms with E-state index < -0.39 is 0 Å². The minimum absolute atomic E-state index is 0.861. The lowest BCUT2D eigenvalue weighted by Crippen LogP contribution is -2.05. The molecule has 0 amide bonds. The number of aryl methyl sites for hydroxylation is 1. The molecule has 3 aromatic rings. The lowest BCUT2D eigenvalue weighted by molar-refractivity contribution is 0.899. The Hall–Kier alpha value is -3.27. The van der Waals surface area contributed by atoms with Gasteiger partial charge in [0.1, 0.15) is 0 Å². The average Bonchev–Trinajstić information content (AvgIpc) is 3.36. The summed E-state index contributed by atoms with van der Waals surface area (Å²) in [5.74, 6) is 0. The summed E-state index contributed by atoms with van der Waals surface area (Å²) in [5.41, 5.74) is 9.43. The lowest BCUT2D eigenvalue weighted by atomic mass is 10.1.